The van der Waals surface area contributed by atoms with Crippen LogP contribution in [-0.2, 0) is 0 Å². The Morgan fingerprint density at radius 1 is 1.19 bits per heavy atom. The van der Waals surface area contributed by atoms with Crippen molar-refractivity contribution < 1.29 is 14.3 Å². The van der Waals surface area contributed by atoms with Crippen LogP contribution in [-0.4, -0.2) is 34.3 Å². The monoisotopic (exact) mass is 290 g/mol. The molecular weight excluding hydrogens is 280 g/mol. The number of benzene rings is 1. The van der Waals surface area contributed by atoms with Crippen molar-refractivity contribution in [1.82, 2.24) is 15.2 Å². The summed E-state index contributed by atoms with van der Waals surface area (Å²) in [7, 11) is 0. The lowest BCUT2D eigenvalue weighted by atomic mass is 10.2. The topological polar surface area (TPSA) is 126 Å². The first-order valence-corrected chi connectivity index (χ1v) is 6.03. The maximum atomic E-state index is 11.9. The number of nitrogens with zero attached hydrogens (tertiary/aromatic N) is 1. The van der Waals surface area contributed by atoms with E-state index in [-0.39, 0.29) is 0 Å². The van der Waals surface area contributed by atoms with E-state index in [1.165, 1.54) is 0 Å². The second-order valence-electron chi connectivity index (χ2n) is 4.17. The van der Waals surface area contributed by atoms with E-state index in [1.54, 1.807) is 18.2 Å². The minimum absolute atomic E-state index is 0.414. The molecular formula is C12H10N4O5. The van der Waals surface area contributed by atoms with Gasteiger partial charge in [-0.05, 0) is 12.1 Å². The molecule has 1 aromatic heterocycles. The highest BCUT2D eigenvalue weighted by Gasteiger charge is 2.16. The van der Waals surface area contributed by atoms with Gasteiger partial charge in [0.2, 0.25) is 5.69 Å². The van der Waals surface area contributed by atoms with Crippen LogP contribution in [0.25, 0.3) is 0 Å². The first kappa shape index (κ1) is 12.9. The molecule has 2 heterocycles. The van der Waals surface area contributed by atoms with E-state index in [1.807, 2.05) is 10.1 Å². The third-order valence-electron chi connectivity index (χ3n) is 2.73. The van der Waals surface area contributed by atoms with E-state index in [2.05, 4.69) is 10.4 Å². The van der Waals surface area contributed by atoms with Crippen molar-refractivity contribution in [1.29, 1.82) is 0 Å². The minimum atomic E-state index is -0.867. The van der Waals surface area contributed by atoms with E-state index in [4.69, 9.17) is 9.47 Å². The van der Waals surface area contributed by atoms with Gasteiger partial charge in [-0.1, -0.05) is 0 Å². The molecule has 9 nitrogen and oxygen atoms in total. The maximum absolute atomic E-state index is 11.9. The van der Waals surface area contributed by atoms with Crippen LogP contribution in [0.1, 0.15) is 10.5 Å². The van der Waals surface area contributed by atoms with Gasteiger partial charge in [-0.2, -0.15) is 5.10 Å². The summed E-state index contributed by atoms with van der Waals surface area (Å²) in [6, 6.07) is 4.83. The Bertz CT molecular complexity index is 810. The summed E-state index contributed by atoms with van der Waals surface area (Å²) in [4.78, 5) is 36.2. The van der Waals surface area contributed by atoms with Gasteiger partial charge in [0.25, 0.3) is 11.5 Å². The van der Waals surface area contributed by atoms with Crippen LogP contribution >= 0.6 is 0 Å². The van der Waals surface area contributed by atoms with Crippen LogP contribution in [0.15, 0.2) is 27.8 Å². The fourth-order valence-electron chi connectivity index (χ4n) is 1.81. The summed E-state index contributed by atoms with van der Waals surface area (Å²) in [5, 5.41) is 7.89. The third kappa shape index (κ3) is 2.61. The number of anilines is 1. The van der Waals surface area contributed by atoms with Crippen molar-refractivity contribution in [2.45, 2.75) is 0 Å². The molecule has 2 aromatic rings. The molecule has 0 saturated heterocycles. The van der Waals surface area contributed by atoms with Crippen LogP contribution in [0.5, 0.6) is 11.5 Å². The van der Waals surface area contributed by atoms with Gasteiger partial charge in [0.05, 0.1) is 0 Å². The molecule has 3 N–H and O–H groups in total. The van der Waals surface area contributed by atoms with Gasteiger partial charge in [-0.25, -0.2) is 9.89 Å². The predicted molar refractivity (Wildman–Crippen MR) is 70.9 cm³/mol. The molecule has 1 aromatic carbocycles. The quantitative estimate of drug-likeness (QED) is 0.683. The first-order chi connectivity index (χ1) is 10.1. The lowest BCUT2D eigenvalue weighted by Crippen LogP contribution is -2.32. The molecule has 9 heteroatoms. The Kier molecular flexibility index (Phi) is 3.14. The molecule has 1 amide bonds. The Morgan fingerprint density at radius 2 is 1.95 bits per heavy atom. The van der Waals surface area contributed by atoms with Crippen LogP contribution in [0.3, 0.4) is 0 Å². The number of aromatic amines is 2. The molecule has 0 radical (unpaired) electrons. The molecule has 1 aliphatic rings. The largest absolute Gasteiger partial charge is 0.486 e. The zero-order valence-electron chi connectivity index (χ0n) is 10.6. The zero-order valence-corrected chi connectivity index (χ0v) is 10.6. The normalized spacial score (nSPS) is 12.8. The van der Waals surface area contributed by atoms with Crippen molar-refractivity contribution >= 4 is 11.6 Å². The fraction of sp³-hybridized carbons (Fsp3) is 0.167. The third-order valence-corrected chi connectivity index (χ3v) is 2.73. The van der Waals surface area contributed by atoms with E-state index in [0.29, 0.717) is 30.4 Å². The first-order valence-electron chi connectivity index (χ1n) is 6.03. The highest BCUT2D eigenvalue weighted by Crippen LogP contribution is 2.32. The summed E-state index contributed by atoms with van der Waals surface area (Å²) in [6.07, 6.45) is 0. The average molecular weight is 290 g/mol. The highest BCUT2D eigenvalue weighted by molar-refractivity contribution is 6.02. The van der Waals surface area contributed by atoms with E-state index in [0.717, 1.165) is 0 Å². The minimum Gasteiger partial charge on any atom is -0.486 e. The van der Waals surface area contributed by atoms with Gasteiger partial charge < -0.3 is 14.8 Å². The zero-order chi connectivity index (χ0) is 14.8. The molecule has 0 saturated carbocycles. The predicted octanol–water partition coefficient (Wildman–Crippen LogP) is -0.518. The molecule has 0 fully saturated rings. The van der Waals surface area contributed by atoms with Gasteiger partial charge in [-0.3, -0.25) is 14.6 Å². The summed E-state index contributed by atoms with van der Waals surface area (Å²) in [5.41, 5.74) is -1.68. The molecule has 21 heavy (non-hydrogen) atoms. The SMILES string of the molecule is O=C(Nc1ccc2c(c1)OCCO2)c1n[nH]c(=O)[nH]c1=O. The Labute approximate surface area is 116 Å². The van der Waals surface area contributed by atoms with Gasteiger partial charge in [0, 0.05) is 11.8 Å². The number of ether oxygens (including phenoxy) is 2. The van der Waals surface area contributed by atoms with Gasteiger partial charge in [-0.15, -0.1) is 0 Å². The van der Waals surface area contributed by atoms with Crippen molar-refractivity contribution in [3.63, 3.8) is 0 Å². The lowest BCUT2D eigenvalue weighted by Gasteiger charge is -2.18. The number of nitrogens with one attached hydrogen (secondary N) is 3. The molecule has 0 spiro atoms. The summed E-state index contributed by atoms with van der Waals surface area (Å²) in [6.45, 7) is 0.890. The van der Waals surface area contributed by atoms with E-state index >= 15 is 0 Å². The molecule has 0 bridgehead atoms. The number of carbonyl (C=O) groups excluding carboxylic acids is 1. The smallest absolute Gasteiger partial charge is 0.342 e. The number of fused-ring (bicyclic) bond motifs is 1. The number of carbonyl (C=O) groups is 1. The van der Waals surface area contributed by atoms with Crippen LogP contribution in [0.4, 0.5) is 5.69 Å². The van der Waals surface area contributed by atoms with Gasteiger partial charge in [0.15, 0.2) is 11.5 Å². The highest BCUT2D eigenvalue weighted by atomic mass is 16.6. The Hall–Kier alpha value is -3.10. The summed E-state index contributed by atoms with van der Waals surface area (Å²) < 4.78 is 10.7. The Balaban J connectivity index is 1.84. The molecule has 0 aliphatic carbocycles. The van der Waals surface area contributed by atoms with Gasteiger partial charge in [0.1, 0.15) is 13.2 Å². The molecule has 1 aliphatic heterocycles. The average Bonchev–Trinajstić information content (AvgIpc) is 2.47. The van der Waals surface area contributed by atoms with Crippen LogP contribution in [0.2, 0.25) is 0 Å². The number of H-pyrrole nitrogens is 2. The molecule has 0 unspecified atom stereocenters. The second-order valence-corrected chi connectivity index (χ2v) is 4.17. The maximum Gasteiger partial charge on any atom is 0.342 e. The van der Waals surface area contributed by atoms with Crippen LogP contribution in [0, 0.1) is 0 Å². The second kappa shape index (κ2) is 5.12. The van der Waals surface area contributed by atoms with Gasteiger partial charge >= 0.3 is 5.69 Å². The number of hydrogen-bond donors (Lipinski definition) is 3. The number of amides is 1. The molecule has 0 atom stereocenters. The summed E-state index contributed by atoms with van der Waals surface area (Å²) in [5.74, 6) is 0.339. The van der Waals surface area contributed by atoms with Crippen molar-refractivity contribution in [2.75, 3.05) is 18.5 Å². The van der Waals surface area contributed by atoms with Crippen molar-refractivity contribution in [3.05, 3.63) is 44.7 Å². The lowest BCUT2D eigenvalue weighted by molar-refractivity contribution is 0.101. The summed E-state index contributed by atoms with van der Waals surface area (Å²) >= 11 is 0. The molecule has 3 rings (SSSR count). The fourth-order valence-corrected chi connectivity index (χ4v) is 1.81. The van der Waals surface area contributed by atoms with Crippen molar-refractivity contribution in [3.8, 4) is 11.5 Å². The number of hydrogen-bond acceptors (Lipinski definition) is 6. The van der Waals surface area contributed by atoms with E-state index in [9.17, 15) is 14.4 Å². The standard InChI is InChI=1S/C12H10N4O5/c17-10(9-11(18)14-12(19)16-15-9)13-6-1-2-7-8(5-6)21-4-3-20-7/h1-2,5H,3-4H2,(H,13,17)(H2,14,16,18,19). The number of rotatable bonds is 2. The van der Waals surface area contributed by atoms with Crippen molar-refractivity contribution in [2.24, 2.45) is 0 Å². The molecule has 108 valence electrons. The van der Waals surface area contributed by atoms with E-state index < -0.39 is 22.9 Å². The Morgan fingerprint density at radius 3 is 2.71 bits per heavy atom. The van der Waals surface area contributed by atoms with Crippen LogP contribution < -0.4 is 26.0 Å². The number of aromatic nitrogens is 3.